The molecule has 21 heavy (non-hydrogen) atoms. The fourth-order valence-corrected chi connectivity index (χ4v) is 1.82. The van der Waals surface area contributed by atoms with Gasteiger partial charge in [0.1, 0.15) is 13.2 Å². The zero-order valence-corrected chi connectivity index (χ0v) is 12.9. The normalized spacial score (nSPS) is 11.8. The Morgan fingerprint density at radius 2 is 1.76 bits per heavy atom. The van der Waals surface area contributed by atoms with E-state index in [1.54, 1.807) is 6.92 Å². The Hall–Kier alpha value is -1.79. The first kappa shape index (κ1) is 19.2. The van der Waals surface area contributed by atoms with Gasteiger partial charge in [-0.05, 0) is 18.3 Å². The topological polar surface area (TPSA) is 102 Å². The number of nitrogens with one attached hydrogen (secondary N) is 1. The fraction of sp³-hybridized carbons (Fsp3) is 0.786. The third kappa shape index (κ3) is 11.7. The molecule has 0 aromatic rings. The lowest BCUT2D eigenvalue weighted by molar-refractivity contribution is -0.144. The average Bonchev–Trinajstić information content (AvgIpc) is 2.39. The number of aliphatic carboxylic acids is 1. The molecule has 0 aliphatic rings. The van der Waals surface area contributed by atoms with Gasteiger partial charge in [-0.25, -0.2) is 4.79 Å². The van der Waals surface area contributed by atoms with Crippen LogP contribution in [0.25, 0.3) is 0 Å². The van der Waals surface area contributed by atoms with Crippen LogP contribution in [-0.4, -0.2) is 42.9 Å². The van der Waals surface area contributed by atoms with Crippen LogP contribution in [0.15, 0.2) is 0 Å². The maximum Gasteiger partial charge on any atom is 0.407 e. The second-order valence-corrected chi connectivity index (χ2v) is 5.18. The lowest BCUT2D eigenvalue weighted by Crippen LogP contribution is -2.32. The number of esters is 1. The molecule has 0 radical (unpaired) electrons. The minimum Gasteiger partial charge on any atom is -0.481 e. The number of carbonyl (C=O) groups is 3. The van der Waals surface area contributed by atoms with Gasteiger partial charge in [-0.3, -0.25) is 9.59 Å². The van der Waals surface area contributed by atoms with E-state index in [1.807, 2.05) is 13.8 Å². The van der Waals surface area contributed by atoms with E-state index < -0.39 is 12.1 Å². The number of carbonyl (C=O) groups excluding carboxylic acids is 2. The summed E-state index contributed by atoms with van der Waals surface area (Å²) >= 11 is 0. The highest BCUT2D eigenvalue weighted by Gasteiger charge is 2.16. The van der Waals surface area contributed by atoms with Crippen LogP contribution in [0.1, 0.15) is 40.0 Å². The zero-order valence-electron chi connectivity index (χ0n) is 12.9. The molecule has 0 fully saturated rings. The van der Waals surface area contributed by atoms with E-state index in [-0.39, 0.29) is 44.5 Å². The molecule has 1 amide bonds. The highest BCUT2D eigenvalue weighted by molar-refractivity contribution is 5.69. The van der Waals surface area contributed by atoms with E-state index in [4.69, 9.17) is 14.6 Å². The van der Waals surface area contributed by atoms with Crippen molar-refractivity contribution in [2.45, 2.75) is 40.0 Å². The van der Waals surface area contributed by atoms with Crippen molar-refractivity contribution in [1.82, 2.24) is 5.32 Å². The van der Waals surface area contributed by atoms with Crippen LogP contribution in [0.5, 0.6) is 0 Å². The summed E-state index contributed by atoms with van der Waals surface area (Å²) in [6.07, 6.45) is 0.354. The number of carboxylic acid groups (broad SMARTS) is 1. The van der Waals surface area contributed by atoms with Gasteiger partial charge < -0.3 is 19.9 Å². The molecule has 0 aromatic carbocycles. The van der Waals surface area contributed by atoms with Crippen LogP contribution in [0, 0.1) is 11.8 Å². The number of carboxylic acids is 1. The summed E-state index contributed by atoms with van der Waals surface area (Å²) in [5.41, 5.74) is 0. The van der Waals surface area contributed by atoms with Gasteiger partial charge in [-0.2, -0.15) is 0 Å². The standard InChI is InChI=1S/C14H25NO6/c1-4-13(18)20-5-6-21-14(19)15-9-11(7-10(2)3)8-12(16)17/h10-11H,4-9H2,1-3H3,(H,15,19)(H,16,17). The minimum absolute atomic E-state index is 0.00652. The summed E-state index contributed by atoms with van der Waals surface area (Å²) in [5, 5.41) is 11.3. The van der Waals surface area contributed by atoms with Gasteiger partial charge in [0.05, 0.1) is 0 Å². The van der Waals surface area contributed by atoms with Crippen LogP contribution in [0.3, 0.4) is 0 Å². The zero-order chi connectivity index (χ0) is 16.3. The quantitative estimate of drug-likeness (QED) is 0.471. The second kappa shape index (κ2) is 10.9. The predicted molar refractivity (Wildman–Crippen MR) is 75.8 cm³/mol. The van der Waals surface area contributed by atoms with Crippen LogP contribution < -0.4 is 5.32 Å². The molecule has 0 rings (SSSR count). The Kier molecular flexibility index (Phi) is 10.0. The molecule has 2 N–H and O–H groups in total. The van der Waals surface area contributed by atoms with Crippen LogP contribution in [0.4, 0.5) is 4.79 Å². The lowest BCUT2D eigenvalue weighted by Gasteiger charge is -2.17. The maximum atomic E-state index is 11.4. The molecule has 0 spiro atoms. The first-order valence-electron chi connectivity index (χ1n) is 7.13. The van der Waals surface area contributed by atoms with Crippen molar-refractivity contribution in [2.75, 3.05) is 19.8 Å². The molecule has 1 atom stereocenters. The van der Waals surface area contributed by atoms with E-state index in [1.165, 1.54) is 0 Å². The van der Waals surface area contributed by atoms with Crippen molar-refractivity contribution in [3.8, 4) is 0 Å². The van der Waals surface area contributed by atoms with Gasteiger partial charge in [0.15, 0.2) is 0 Å². The summed E-state index contributed by atoms with van der Waals surface area (Å²) in [6.45, 7) is 5.91. The minimum atomic E-state index is -0.887. The van der Waals surface area contributed by atoms with Crippen LogP contribution in [-0.2, 0) is 19.1 Å². The van der Waals surface area contributed by atoms with Gasteiger partial charge in [0, 0.05) is 19.4 Å². The smallest absolute Gasteiger partial charge is 0.407 e. The van der Waals surface area contributed by atoms with Crippen molar-refractivity contribution in [3.63, 3.8) is 0 Å². The lowest BCUT2D eigenvalue weighted by atomic mass is 9.94. The summed E-state index contributed by atoms with van der Waals surface area (Å²) < 4.78 is 9.57. The average molecular weight is 303 g/mol. The molecule has 0 bridgehead atoms. The Labute approximate surface area is 125 Å². The van der Waals surface area contributed by atoms with Crippen molar-refractivity contribution >= 4 is 18.0 Å². The highest BCUT2D eigenvalue weighted by Crippen LogP contribution is 2.14. The number of ether oxygens (including phenoxy) is 2. The highest BCUT2D eigenvalue weighted by atomic mass is 16.6. The fourth-order valence-electron chi connectivity index (χ4n) is 1.82. The largest absolute Gasteiger partial charge is 0.481 e. The number of amides is 1. The number of hydrogen-bond donors (Lipinski definition) is 2. The molecule has 7 heteroatoms. The third-order valence-electron chi connectivity index (χ3n) is 2.67. The Bertz CT molecular complexity index is 342. The maximum absolute atomic E-state index is 11.4. The first-order chi connectivity index (χ1) is 9.85. The molecular formula is C14H25NO6. The summed E-state index contributed by atoms with van der Waals surface area (Å²) in [4.78, 5) is 33.0. The van der Waals surface area contributed by atoms with Gasteiger partial charge in [0.25, 0.3) is 0 Å². The van der Waals surface area contributed by atoms with E-state index in [0.717, 1.165) is 0 Å². The van der Waals surface area contributed by atoms with Crippen LogP contribution >= 0.6 is 0 Å². The van der Waals surface area contributed by atoms with Crippen molar-refractivity contribution in [1.29, 1.82) is 0 Å². The molecule has 0 heterocycles. The van der Waals surface area contributed by atoms with E-state index in [9.17, 15) is 14.4 Å². The predicted octanol–water partition coefficient (Wildman–Crippen LogP) is 1.80. The first-order valence-corrected chi connectivity index (χ1v) is 7.13. The Morgan fingerprint density at radius 1 is 1.14 bits per heavy atom. The second-order valence-electron chi connectivity index (χ2n) is 5.18. The van der Waals surface area contributed by atoms with Gasteiger partial charge in [-0.1, -0.05) is 20.8 Å². The van der Waals surface area contributed by atoms with Gasteiger partial charge in [0.2, 0.25) is 0 Å². The summed E-state index contributed by atoms with van der Waals surface area (Å²) in [6, 6.07) is 0. The number of hydrogen-bond acceptors (Lipinski definition) is 5. The monoisotopic (exact) mass is 303 g/mol. The van der Waals surface area contributed by atoms with E-state index in [0.29, 0.717) is 12.3 Å². The Balaban J connectivity index is 3.90. The molecular weight excluding hydrogens is 278 g/mol. The summed E-state index contributed by atoms with van der Waals surface area (Å²) in [5.74, 6) is -1.02. The van der Waals surface area contributed by atoms with E-state index in [2.05, 4.69) is 5.32 Å². The molecule has 0 aromatic heterocycles. The van der Waals surface area contributed by atoms with Crippen molar-refractivity contribution in [2.24, 2.45) is 11.8 Å². The molecule has 0 aliphatic heterocycles. The molecule has 0 saturated carbocycles. The Morgan fingerprint density at radius 3 is 2.29 bits per heavy atom. The van der Waals surface area contributed by atoms with Crippen LogP contribution in [0.2, 0.25) is 0 Å². The number of rotatable bonds is 10. The molecule has 122 valence electrons. The molecule has 1 unspecified atom stereocenters. The molecule has 7 nitrogen and oxygen atoms in total. The SMILES string of the molecule is CCC(=O)OCCOC(=O)NCC(CC(=O)O)CC(C)C. The third-order valence-corrected chi connectivity index (χ3v) is 2.67. The van der Waals surface area contributed by atoms with Crippen molar-refractivity contribution < 1.29 is 29.0 Å². The summed E-state index contributed by atoms with van der Waals surface area (Å²) in [7, 11) is 0. The van der Waals surface area contributed by atoms with Gasteiger partial charge in [-0.15, -0.1) is 0 Å². The molecule has 0 saturated heterocycles. The molecule has 0 aliphatic carbocycles. The van der Waals surface area contributed by atoms with E-state index >= 15 is 0 Å². The van der Waals surface area contributed by atoms with Gasteiger partial charge >= 0.3 is 18.0 Å². The number of alkyl carbamates (subject to hydrolysis) is 1. The van der Waals surface area contributed by atoms with Crippen molar-refractivity contribution in [3.05, 3.63) is 0 Å².